The molecule has 0 aromatic heterocycles. The number of anilines is 1. The highest BCUT2D eigenvalue weighted by molar-refractivity contribution is 8.01. The second-order valence-corrected chi connectivity index (χ2v) is 3.50. The van der Waals surface area contributed by atoms with Crippen LogP contribution >= 0.6 is 11.8 Å². The molecule has 1 aliphatic heterocycles. The van der Waals surface area contributed by atoms with Crippen LogP contribution in [0.25, 0.3) is 0 Å². The topological polar surface area (TPSA) is 12.0 Å². The van der Waals surface area contributed by atoms with Crippen molar-refractivity contribution in [1.29, 1.82) is 0 Å². The maximum Gasteiger partial charge on any atom is 0.0478 e. The summed E-state index contributed by atoms with van der Waals surface area (Å²) >= 11 is 1.82. The molecule has 1 N–H and O–H groups in total. The van der Waals surface area contributed by atoms with Crippen LogP contribution in [0, 0.1) is 5.75 Å². The zero-order valence-electron chi connectivity index (χ0n) is 6.21. The minimum atomic E-state index is 1.06. The van der Waals surface area contributed by atoms with E-state index in [9.17, 15) is 0 Å². The first-order valence-electron chi connectivity index (χ1n) is 3.78. The normalized spacial score (nSPS) is 16.4. The molecule has 2 heteroatoms. The van der Waals surface area contributed by atoms with Gasteiger partial charge in [0.1, 0.15) is 0 Å². The Kier molecular flexibility index (Phi) is 2.04. The van der Waals surface area contributed by atoms with Crippen molar-refractivity contribution in [2.45, 2.75) is 11.3 Å². The lowest BCUT2D eigenvalue weighted by Crippen LogP contribution is -1.98. The van der Waals surface area contributed by atoms with Crippen LogP contribution in [0.15, 0.2) is 29.2 Å². The molecule has 0 atom stereocenters. The number of fused-ring (bicyclic) bond motifs is 1. The summed E-state index contributed by atoms with van der Waals surface area (Å²) in [5, 5.41) is 3.37. The Hall–Kier alpha value is -0.630. The summed E-state index contributed by atoms with van der Waals surface area (Å²) in [5.41, 5.74) is 1.27. The Morgan fingerprint density at radius 3 is 3.18 bits per heavy atom. The molecule has 0 fully saturated rings. The summed E-state index contributed by atoms with van der Waals surface area (Å²) in [6, 6.07) is 8.42. The fourth-order valence-electron chi connectivity index (χ4n) is 1.13. The van der Waals surface area contributed by atoms with Gasteiger partial charge in [0.2, 0.25) is 0 Å². The smallest absolute Gasteiger partial charge is 0.0478 e. The summed E-state index contributed by atoms with van der Waals surface area (Å²) in [6.45, 7) is 1.06. The van der Waals surface area contributed by atoms with Gasteiger partial charge >= 0.3 is 0 Å². The molecule has 11 heavy (non-hydrogen) atoms. The molecule has 0 aliphatic carbocycles. The van der Waals surface area contributed by atoms with Crippen molar-refractivity contribution >= 4 is 17.4 Å². The van der Waals surface area contributed by atoms with Crippen LogP contribution in [-0.2, 0) is 0 Å². The lowest BCUT2D eigenvalue weighted by molar-refractivity contribution is 1.05. The standard InChI is InChI=1S/C9H10NS/c1-2-5-9-8(4-1)10-6-3-7-11-9/h1-2,4-5,7,10H,3,6H2. The maximum absolute atomic E-state index is 3.37. The monoisotopic (exact) mass is 164 g/mol. The summed E-state index contributed by atoms with van der Waals surface area (Å²) in [4.78, 5) is 1.34. The van der Waals surface area contributed by atoms with Gasteiger partial charge in [0.15, 0.2) is 0 Å². The van der Waals surface area contributed by atoms with Crippen molar-refractivity contribution in [3.05, 3.63) is 30.0 Å². The number of hydrogen-bond acceptors (Lipinski definition) is 2. The van der Waals surface area contributed by atoms with E-state index in [1.54, 1.807) is 0 Å². The van der Waals surface area contributed by atoms with Crippen molar-refractivity contribution in [3.63, 3.8) is 0 Å². The van der Waals surface area contributed by atoms with Crippen LogP contribution in [0.1, 0.15) is 6.42 Å². The van der Waals surface area contributed by atoms with Crippen molar-refractivity contribution in [2.75, 3.05) is 11.9 Å². The van der Waals surface area contributed by atoms with E-state index in [2.05, 4.69) is 35.3 Å². The first-order valence-corrected chi connectivity index (χ1v) is 4.66. The highest BCUT2D eigenvalue weighted by Gasteiger charge is 2.05. The van der Waals surface area contributed by atoms with Crippen LogP contribution in [0.4, 0.5) is 5.69 Å². The van der Waals surface area contributed by atoms with E-state index < -0.39 is 0 Å². The van der Waals surface area contributed by atoms with E-state index in [1.165, 1.54) is 10.6 Å². The van der Waals surface area contributed by atoms with E-state index in [-0.39, 0.29) is 0 Å². The van der Waals surface area contributed by atoms with Gasteiger partial charge in [0, 0.05) is 22.9 Å². The summed E-state index contributed by atoms with van der Waals surface area (Å²) in [5.74, 6) is 2.25. The number of hydrogen-bond donors (Lipinski definition) is 1. The fourth-order valence-corrected chi connectivity index (χ4v) is 1.97. The van der Waals surface area contributed by atoms with E-state index in [0.29, 0.717) is 0 Å². The third-order valence-electron chi connectivity index (χ3n) is 1.68. The molecule has 57 valence electrons. The van der Waals surface area contributed by atoms with Gasteiger partial charge in [-0.05, 0) is 18.6 Å². The molecule has 1 aromatic carbocycles. The Morgan fingerprint density at radius 2 is 2.18 bits per heavy atom. The average molecular weight is 164 g/mol. The molecule has 1 radical (unpaired) electrons. The predicted octanol–water partition coefficient (Wildman–Crippen LogP) is 2.76. The minimum Gasteiger partial charge on any atom is -0.384 e. The molecule has 0 bridgehead atoms. The first-order chi connectivity index (χ1) is 5.47. The zero-order chi connectivity index (χ0) is 7.52. The molecule has 0 saturated heterocycles. The number of para-hydroxylation sites is 1. The second kappa shape index (κ2) is 3.18. The lowest BCUT2D eigenvalue weighted by atomic mass is 10.3. The third kappa shape index (κ3) is 1.51. The van der Waals surface area contributed by atoms with Gasteiger partial charge in [0.05, 0.1) is 0 Å². The minimum absolute atomic E-state index is 1.06. The molecule has 1 aliphatic rings. The van der Waals surface area contributed by atoms with Gasteiger partial charge < -0.3 is 5.32 Å². The van der Waals surface area contributed by atoms with Gasteiger partial charge in [-0.15, -0.1) is 11.8 Å². The summed E-state index contributed by atoms with van der Waals surface area (Å²) < 4.78 is 0. The van der Waals surface area contributed by atoms with Gasteiger partial charge in [-0.3, -0.25) is 0 Å². The molecule has 0 amide bonds. The van der Waals surface area contributed by atoms with Crippen LogP contribution in [0.5, 0.6) is 0 Å². The lowest BCUT2D eigenvalue weighted by Gasteiger charge is -2.04. The highest BCUT2D eigenvalue weighted by Crippen LogP contribution is 2.31. The average Bonchev–Trinajstić information content (AvgIpc) is 2.28. The number of thioether (sulfide) groups is 1. The highest BCUT2D eigenvalue weighted by atomic mass is 32.2. The quantitative estimate of drug-likeness (QED) is 0.632. The zero-order valence-corrected chi connectivity index (χ0v) is 7.03. The van der Waals surface area contributed by atoms with Crippen molar-refractivity contribution in [1.82, 2.24) is 0 Å². The summed E-state index contributed by atoms with van der Waals surface area (Å²) in [6.07, 6.45) is 1.14. The van der Waals surface area contributed by atoms with Gasteiger partial charge in [0.25, 0.3) is 0 Å². The predicted molar refractivity (Wildman–Crippen MR) is 49.7 cm³/mol. The molecule has 1 aromatic rings. The Bertz CT molecular complexity index is 222. The molecular formula is C9H10NS. The molecule has 0 unspecified atom stereocenters. The first kappa shape index (κ1) is 7.04. The number of benzene rings is 1. The second-order valence-electron chi connectivity index (χ2n) is 2.50. The van der Waals surface area contributed by atoms with E-state index in [0.717, 1.165) is 13.0 Å². The molecule has 0 saturated carbocycles. The molecular weight excluding hydrogens is 154 g/mol. The SMILES string of the molecule is [CH]1CCNc2ccccc2S1. The Morgan fingerprint density at radius 1 is 1.27 bits per heavy atom. The van der Waals surface area contributed by atoms with Crippen LogP contribution in [0.2, 0.25) is 0 Å². The van der Waals surface area contributed by atoms with Crippen LogP contribution in [0.3, 0.4) is 0 Å². The number of rotatable bonds is 0. The van der Waals surface area contributed by atoms with Crippen LogP contribution in [-0.4, -0.2) is 6.54 Å². The molecule has 0 spiro atoms. The Labute approximate surface area is 71.2 Å². The van der Waals surface area contributed by atoms with Gasteiger partial charge in [-0.25, -0.2) is 0 Å². The fraction of sp³-hybridized carbons (Fsp3) is 0.222. The molecule has 2 rings (SSSR count). The van der Waals surface area contributed by atoms with E-state index in [4.69, 9.17) is 0 Å². The molecule has 1 nitrogen and oxygen atoms in total. The van der Waals surface area contributed by atoms with Gasteiger partial charge in [-0.1, -0.05) is 12.1 Å². The van der Waals surface area contributed by atoms with Crippen molar-refractivity contribution in [3.8, 4) is 0 Å². The number of nitrogens with one attached hydrogen (secondary N) is 1. The third-order valence-corrected chi connectivity index (χ3v) is 2.69. The van der Waals surface area contributed by atoms with Crippen molar-refractivity contribution in [2.24, 2.45) is 0 Å². The van der Waals surface area contributed by atoms with Gasteiger partial charge in [-0.2, -0.15) is 0 Å². The summed E-state index contributed by atoms with van der Waals surface area (Å²) in [7, 11) is 0. The maximum atomic E-state index is 3.37. The molecule has 1 heterocycles. The Balaban J connectivity index is 2.33. The largest absolute Gasteiger partial charge is 0.384 e. The van der Waals surface area contributed by atoms with E-state index in [1.807, 2.05) is 11.8 Å². The van der Waals surface area contributed by atoms with E-state index >= 15 is 0 Å². The van der Waals surface area contributed by atoms with Crippen molar-refractivity contribution < 1.29 is 0 Å². The van der Waals surface area contributed by atoms with Crippen LogP contribution < -0.4 is 5.32 Å².